The van der Waals surface area contributed by atoms with Crippen LogP contribution in [0.3, 0.4) is 0 Å². The van der Waals surface area contributed by atoms with Crippen molar-refractivity contribution in [3.05, 3.63) is 95.3 Å². The molecule has 0 radical (unpaired) electrons. The van der Waals surface area contributed by atoms with Crippen molar-refractivity contribution < 1.29 is 13.2 Å². The zero-order chi connectivity index (χ0) is 26.6. The van der Waals surface area contributed by atoms with Crippen LogP contribution in [0, 0.1) is 20.8 Å². The normalized spacial score (nSPS) is 12.3. The molecule has 1 atom stereocenters. The van der Waals surface area contributed by atoms with Crippen LogP contribution in [0.25, 0.3) is 5.69 Å². The molecule has 192 valence electrons. The van der Waals surface area contributed by atoms with E-state index in [9.17, 15) is 13.2 Å². The van der Waals surface area contributed by atoms with Crippen molar-refractivity contribution in [2.75, 3.05) is 5.32 Å². The molecule has 9 heteroatoms. The number of rotatable bonds is 9. The SMILES string of the molecule is CCC(Sc1nnc(CS(=O)(=O)c2ccc(C)cc2)n1-c1ccccc1)C(=O)Nc1ccc(C)cc1C. The van der Waals surface area contributed by atoms with Gasteiger partial charge in [0.15, 0.2) is 20.8 Å². The third-order valence-electron chi connectivity index (χ3n) is 5.96. The fourth-order valence-corrected chi connectivity index (χ4v) is 6.16. The van der Waals surface area contributed by atoms with Gasteiger partial charge in [-0.15, -0.1) is 10.2 Å². The highest BCUT2D eigenvalue weighted by Gasteiger charge is 2.26. The summed E-state index contributed by atoms with van der Waals surface area (Å²) in [6, 6.07) is 22.0. The monoisotopic (exact) mass is 534 g/mol. The predicted octanol–water partition coefficient (Wildman–Crippen LogP) is 5.68. The molecule has 7 nitrogen and oxygen atoms in total. The number of carbonyl (C=O) groups is 1. The Kier molecular flexibility index (Phi) is 8.14. The summed E-state index contributed by atoms with van der Waals surface area (Å²) in [5.74, 6) is -0.167. The van der Waals surface area contributed by atoms with E-state index in [0.717, 1.165) is 28.1 Å². The molecule has 0 aliphatic carbocycles. The molecule has 0 bridgehead atoms. The fourth-order valence-electron chi connectivity index (χ4n) is 3.92. The van der Waals surface area contributed by atoms with Gasteiger partial charge < -0.3 is 5.32 Å². The molecule has 1 amide bonds. The molecule has 0 saturated carbocycles. The van der Waals surface area contributed by atoms with Gasteiger partial charge >= 0.3 is 0 Å². The van der Waals surface area contributed by atoms with Crippen LogP contribution in [0.15, 0.2) is 82.8 Å². The number of aromatic nitrogens is 3. The van der Waals surface area contributed by atoms with E-state index in [1.54, 1.807) is 28.8 Å². The molecule has 4 rings (SSSR count). The zero-order valence-electron chi connectivity index (χ0n) is 21.3. The minimum atomic E-state index is -3.66. The Morgan fingerprint density at radius 3 is 2.27 bits per heavy atom. The maximum Gasteiger partial charge on any atom is 0.237 e. The first-order valence-electron chi connectivity index (χ1n) is 12.0. The van der Waals surface area contributed by atoms with E-state index in [0.29, 0.717) is 17.4 Å². The molecule has 3 aromatic carbocycles. The highest BCUT2D eigenvalue weighted by molar-refractivity contribution is 8.00. The number of aryl methyl sites for hydroxylation is 3. The number of para-hydroxylation sites is 1. The summed E-state index contributed by atoms with van der Waals surface area (Å²) in [4.78, 5) is 13.4. The lowest BCUT2D eigenvalue weighted by molar-refractivity contribution is -0.115. The summed E-state index contributed by atoms with van der Waals surface area (Å²) in [7, 11) is -3.66. The number of carbonyl (C=O) groups excluding carboxylic acids is 1. The molecule has 4 aromatic rings. The van der Waals surface area contributed by atoms with E-state index in [2.05, 4.69) is 15.5 Å². The first-order chi connectivity index (χ1) is 17.7. The number of hydrogen-bond acceptors (Lipinski definition) is 6. The Morgan fingerprint density at radius 2 is 1.62 bits per heavy atom. The number of nitrogens with zero attached hydrogens (tertiary/aromatic N) is 3. The van der Waals surface area contributed by atoms with Crippen LogP contribution >= 0.6 is 11.8 Å². The fraction of sp³-hybridized carbons (Fsp3) is 0.250. The van der Waals surface area contributed by atoms with Gasteiger partial charge in [0.2, 0.25) is 5.91 Å². The minimum Gasteiger partial charge on any atom is -0.325 e. The molecule has 1 N–H and O–H groups in total. The first kappa shape index (κ1) is 26.6. The second-order valence-electron chi connectivity index (χ2n) is 8.96. The van der Waals surface area contributed by atoms with Crippen LogP contribution in [-0.4, -0.2) is 34.3 Å². The molecule has 0 spiro atoms. The predicted molar refractivity (Wildman–Crippen MR) is 148 cm³/mol. The van der Waals surface area contributed by atoms with Crippen LogP contribution in [-0.2, 0) is 20.4 Å². The van der Waals surface area contributed by atoms with Crippen molar-refractivity contribution in [3.63, 3.8) is 0 Å². The molecule has 1 heterocycles. The summed E-state index contributed by atoms with van der Waals surface area (Å²) in [6.07, 6.45) is 0.556. The second-order valence-corrected chi connectivity index (χ2v) is 12.1. The Hall–Kier alpha value is -3.43. The molecule has 1 aromatic heterocycles. The van der Waals surface area contributed by atoms with Crippen molar-refractivity contribution in [3.8, 4) is 5.69 Å². The highest BCUT2D eigenvalue weighted by Crippen LogP contribution is 2.30. The van der Waals surface area contributed by atoms with Gasteiger partial charge in [-0.05, 0) is 63.1 Å². The van der Waals surface area contributed by atoms with Crippen LogP contribution < -0.4 is 5.32 Å². The van der Waals surface area contributed by atoms with Gasteiger partial charge in [-0.25, -0.2) is 8.42 Å². The Morgan fingerprint density at radius 1 is 0.946 bits per heavy atom. The van der Waals surface area contributed by atoms with Gasteiger partial charge in [0.05, 0.1) is 10.1 Å². The topological polar surface area (TPSA) is 93.9 Å². The lowest BCUT2D eigenvalue weighted by atomic mass is 10.1. The lowest BCUT2D eigenvalue weighted by Gasteiger charge is -2.17. The average Bonchev–Trinajstić information content (AvgIpc) is 3.26. The number of sulfone groups is 1. The molecule has 1 unspecified atom stereocenters. The second kappa shape index (κ2) is 11.3. The quantitative estimate of drug-likeness (QED) is 0.278. The summed E-state index contributed by atoms with van der Waals surface area (Å²) in [5.41, 5.74) is 4.60. The van der Waals surface area contributed by atoms with Gasteiger partial charge in [-0.3, -0.25) is 9.36 Å². The van der Waals surface area contributed by atoms with Crippen molar-refractivity contribution in [2.45, 2.75) is 55.2 Å². The number of benzene rings is 3. The largest absolute Gasteiger partial charge is 0.325 e. The Labute approximate surface area is 222 Å². The average molecular weight is 535 g/mol. The van der Waals surface area contributed by atoms with Crippen molar-refractivity contribution >= 4 is 33.2 Å². The molecular weight excluding hydrogens is 504 g/mol. The molecule has 0 aliphatic heterocycles. The third-order valence-corrected chi connectivity index (χ3v) is 8.90. The summed E-state index contributed by atoms with van der Waals surface area (Å²) < 4.78 is 28.1. The van der Waals surface area contributed by atoms with Crippen LogP contribution in [0.4, 0.5) is 5.69 Å². The van der Waals surface area contributed by atoms with Crippen molar-refractivity contribution in [1.29, 1.82) is 0 Å². The minimum absolute atomic E-state index is 0.143. The Bertz CT molecular complexity index is 1500. The molecule has 0 aliphatic rings. The standard InChI is InChI=1S/C28H30N4O3S2/c1-5-25(27(33)29-24-16-13-20(3)17-21(24)4)36-28-31-30-26(32(28)22-9-7-6-8-10-22)18-37(34,35)23-14-11-19(2)12-15-23/h6-17,25H,5,18H2,1-4H3,(H,29,33). The number of thioether (sulfide) groups is 1. The van der Waals surface area contributed by atoms with Gasteiger partial charge in [0.1, 0.15) is 5.75 Å². The van der Waals surface area contributed by atoms with E-state index in [4.69, 9.17) is 0 Å². The lowest BCUT2D eigenvalue weighted by Crippen LogP contribution is -2.25. The van der Waals surface area contributed by atoms with Crippen molar-refractivity contribution in [2.24, 2.45) is 0 Å². The van der Waals surface area contributed by atoms with Gasteiger partial charge in [0, 0.05) is 11.4 Å². The Balaban J connectivity index is 1.64. The molecule has 0 saturated heterocycles. The highest BCUT2D eigenvalue weighted by atomic mass is 32.2. The summed E-state index contributed by atoms with van der Waals surface area (Å²) >= 11 is 1.27. The van der Waals surface area contributed by atoms with E-state index in [1.165, 1.54) is 11.8 Å². The number of anilines is 1. The van der Waals surface area contributed by atoms with Crippen LogP contribution in [0.2, 0.25) is 0 Å². The number of hydrogen-bond donors (Lipinski definition) is 1. The number of amides is 1. The smallest absolute Gasteiger partial charge is 0.237 e. The van der Waals surface area contributed by atoms with Gasteiger partial charge in [-0.1, -0.05) is 72.3 Å². The van der Waals surface area contributed by atoms with E-state index >= 15 is 0 Å². The third kappa shape index (κ3) is 6.29. The van der Waals surface area contributed by atoms with E-state index < -0.39 is 15.1 Å². The van der Waals surface area contributed by atoms with E-state index in [1.807, 2.05) is 76.2 Å². The maximum absolute atomic E-state index is 13.2. The maximum atomic E-state index is 13.2. The summed E-state index contributed by atoms with van der Waals surface area (Å²) in [6.45, 7) is 7.82. The molecule has 0 fully saturated rings. The first-order valence-corrected chi connectivity index (χ1v) is 14.5. The number of nitrogens with one attached hydrogen (secondary N) is 1. The zero-order valence-corrected chi connectivity index (χ0v) is 22.9. The van der Waals surface area contributed by atoms with Crippen molar-refractivity contribution in [1.82, 2.24) is 14.8 Å². The van der Waals surface area contributed by atoms with Gasteiger partial charge in [-0.2, -0.15) is 0 Å². The van der Waals surface area contributed by atoms with Crippen LogP contribution in [0.5, 0.6) is 0 Å². The van der Waals surface area contributed by atoms with Gasteiger partial charge in [0.25, 0.3) is 0 Å². The van der Waals surface area contributed by atoms with Crippen LogP contribution in [0.1, 0.15) is 35.9 Å². The molecule has 37 heavy (non-hydrogen) atoms. The summed E-state index contributed by atoms with van der Waals surface area (Å²) in [5, 5.41) is 11.6. The molecular formula is C28H30N4O3S2. The van der Waals surface area contributed by atoms with E-state index in [-0.39, 0.29) is 16.6 Å².